The third-order valence-corrected chi connectivity index (χ3v) is 4.34. The Balaban J connectivity index is 1.97. The Morgan fingerprint density at radius 3 is 2.81 bits per heavy atom. The number of hydrogen-bond acceptors (Lipinski definition) is 5. The van der Waals surface area contributed by atoms with E-state index in [-0.39, 0.29) is 23.4 Å². The Hall–Kier alpha value is -3.88. The summed E-state index contributed by atoms with van der Waals surface area (Å²) in [4.78, 5) is 35.3. The number of carboxylic acids is 1. The summed E-state index contributed by atoms with van der Waals surface area (Å²) in [6.07, 6.45) is 4.80. The normalized spacial score (nSPS) is 11.1. The summed E-state index contributed by atoms with van der Waals surface area (Å²) < 4.78 is 8.05. The zero-order valence-electron chi connectivity index (χ0n) is 14.2. The molecule has 9 heteroatoms. The van der Waals surface area contributed by atoms with E-state index in [1.54, 1.807) is 39.7 Å². The Morgan fingerprint density at radius 1 is 1.26 bits per heavy atom. The summed E-state index contributed by atoms with van der Waals surface area (Å²) in [5.41, 5.74) is 1.62. The fourth-order valence-corrected chi connectivity index (χ4v) is 3.15. The van der Waals surface area contributed by atoms with Gasteiger partial charge in [0.1, 0.15) is 17.8 Å². The summed E-state index contributed by atoms with van der Waals surface area (Å²) >= 11 is 0. The van der Waals surface area contributed by atoms with Crippen molar-refractivity contribution in [1.29, 1.82) is 0 Å². The molecule has 0 spiro atoms. The molecule has 0 saturated heterocycles. The number of nitrogens with zero attached hydrogens (tertiary/aromatic N) is 3. The first kappa shape index (κ1) is 16.6. The van der Waals surface area contributed by atoms with Crippen LogP contribution in [0.4, 0.5) is 0 Å². The molecule has 1 aromatic heterocycles. The minimum atomic E-state index is -0.950. The Labute approximate surface area is 151 Å². The SMILES string of the molecule is COC(=O)c1cn(-c2cccc3c2ccn3CC(=O)O)cc2c(=O)[nH]nc1-2. The number of fused-ring (bicyclic) bond motifs is 2. The van der Waals surface area contributed by atoms with Crippen LogP contribution in [0.15, 0.2) is 47.7 Å². The molecule has 3 heterocycles. The van der Waals surface area contributed by atoms with Gasteiger partial charge >= 0.3 is 11.9 Å². The first-order chi connectivity index (χ1) is 13.0. The number of nitrogens with one attached hydrogen (secondary N) is 1. The average molecular weight is 366 g/mol. The van der Waals surface area contributed by atoms with E-state index in [0.29, 0.717) is 5.69 Å². The predicted octanol–water partition coefficient (Wildman–Crippen LogP) is 1.49. The number of ether oxygens (including phenoxy) is 1. The number of aromatic nitrogens is 4. The van der Waals surface area contributed by atoms with Gasteiger partial charge in [0.15, 0.2) is 0 Å². The van der Waals surface area contributed by atoms with Gasteiger partial charge in [0, 0.05) is 24.0 Å². The second kappa shape index (κ2) is 6.13. The zero-order valence-corrected chi connectivity index (χ0v) is 14.2. The van der Waals surface area contributed by atoms with Gasteiger partial charge < -0.3 is 19.0 Å². The third-order valence-electron chi connectivity index (χ3n) is 4.34. The first-order valence-corrected chi connectivity index (χ1v) is 7.98. The smallest absolute Gasteiger partial charge is 0.341 e. The van der Waals surface area contributed by atoms with Crippen molar-refractivity contribution in [3.8, 4) is 16.9 Å². The van der Waals surface area contributed by atoms with Gasteiger partial charge in [-0.3, -0.25) is 9.59 Å². The number of benzene rings is 1. The van der Waals surface area contributed by atoms with E-state index in [1.165, 1.54) is 13.3 Å². The minimum absolute atomic E-state index is 0.148. The summed E-state index contributed by atoms with van der Waals surface area (Å²) in [7, 11) is 1.25. The molecule has 0 saturated carbocycles. The van der Waals surface area contributed by atoms with Crippen LogP contribution in [0, 0.1) is 0 Å². The number of carbonyl (C=O) groups excluding carboxylic acids is 1. The summed E-state index contributed by atoms with van der Waals surface area (Å²) in [5, 5.41) is 16.1. The maximum atomic E-state index is 12.1. The molecular weight excluding hydrogens is 352 g/mol. The van der Waals surface area contributed by atoms with E-state index in [1.807, 2.05) is 6.07 Å². The van der Waals surface area contributed by atoms with Crippen molar-refractivity contribution < 1.29 is 19.4 Å². The molecule has 2 aliphatic rings. The number of pyridine rings is 1. The number of esters is 1. The number of carboxylic acid groups (broad SMARTS) is 1. The van der Waals surface area contributed by atoms with Crippen molar-refractivity contribution in [3.05, 3.63) is 58.8 Å². The highest BCUT2D eigenvalue weighted by molar-refractivity contribution is 5.96. The van der Waals surface area contributed by atoms with Crippen LogP contribution in [0.3, 0.4) is 0 Å². The molecule has 1 aromatic carbocycles. The summed E-state index contributed by atoms with van der Waals surface area (Å²) in [6, 6.07) is 7.18. The third kappa shape index (κ3) is 2.65. The molecule has 0 aliphatic carbocycles. The fraction of sp³-hybridized carbons (Fsp3) is 0.111. The number of H-pyrrole nitrogens is 1. The Kier molecular flexibility index (Phi) is 3.76. The second-order valence-corrected chi connectivity index (χ2v) is 5.93. The van der Waals surface area contributed by atoms with Crippen LogP contribution in [-0.4, -0.2) is 43.5 Å². The molecule has 0 atom stereocenters. The molecule has 0 unspecified atom stereocenters. The lowest BCUT2D eigenvalue weighted by molar-refractivity contribution is -0.137. The number of aromatic amines is 1. The molecule has 0 amide bonds. The highest BCUT2D eigenvalue weighted by Crippen LogP contribution is 2.27. The summed E-state index contributed by atoms with van der Waals surface area (Å²) in [5.74, 6) is -1.56. The van der Waals surface area contributed by atoms with Crippen LogP contribution in [-0.2, 0) is 16.1 Å². The minimum Gasteiger partial charge on any atom is -0.480 e. The van der Waals surface area contributed by atoms with Gasteiger partial charge in [-0.2, -0.15) is 5.10 Å². The van der Waals surface area contributed by atoms with Crippen molar-refractivity contribution in [1.82, 2.24) is 19.3 Å². The molecule has 2 aromatic rings. The van der Waals surface area contributed by atoms with Crippen molar-refractivity contribution >= 4 is 22.8 Å². The van der Waals surface area contributed by atoms with Crippen LogP contribution in [0.1, 0.15) is 10.4 Å². The standard InChI is InChI=1S/C18H14N4O5/c1-27-18(26)12-8-22(7-11-16(12)19-20-17(11)25)14-4-2-3-13-10(14)5-6-21(13)9-15(23)24/h2-8H,9H2,1H3,(H,20,25)(H,23,24). The van der Waals surface area contributed by atoms with Gasteiger partial charge in [-0.05, 0) is 18.2 Å². The Morgan fingerprint density at radius 2 is 2.07 bits per heavy atom. The van der Waals surface area contributed by atoms with Crippen LogP contribution < -0.4 is 5.56 Å². The monoisotopic (exact) mass is 366 g/mol. The quantitative estimate of drug-likeness (QED) is 0.528. The largest absolute Gasteiger partial charge is 0.480 e. The van der Waals surface area contributed by atoms with Gasteiger partial charge in [0.05, 0.1) is 23.9 Å². The van der Waals surface area contributed by atoms with Crippen molar-refractivity contribution in [2.24, 2.45) is 0 Å². The first-order valence-electron chi connectivity index (χ1n) is 7.98. The number of hydrogen-bond donors (Lipinski definition) is 2. The van der Waals surface area contributed by atoms with E-state index in [2.05, 4.69) is 10.2 Å². The molecule has 2 N–H and O–H groups in total. The van der Waals surface area contributed by atoms with Gasteiger partial charge in [-0.1, -0.05) is 6.07 Å². The molecule has 2 aliphatic heterocycles. The molecule has 0 radical (unpaired) electrons. The lowest BCUT2D eigenvalue weighted by Gasteiger charge is -2.13. The lowest BCUT2D eigenvalue weighted by atomic mass is 10.1. The fourth-order valence-electron chi connectivity index (χ4n) is 3.15. The van der Waals surface area contributed by atoms with Gasteiger partial charge in [0.2, 0.25) is 0 Å². The number of aliphatic carboxylic acids is 1. The molecule has 4 rings (SSSR count). The number of carbonyl (C=O) groups is 2. The average Bonchev–Trinajstić information content (AvgIpc) is 3.24. The predicted molar refractivity (Wildman–Crippen MR) is 95.3 cm³/mol. The molecule has 0 fully saturated rings. The van der Waals surface area contributed by atoms with E-state index in [4.69, 9.17) is 9.84 Å². The molecule has 9 nitrogen and oxygen atoms in total. The van der Waals surface area contributed by atoms with Crippen molar-refractivity contribution in [2.45, 2.75) is 6.54 Å². The van der Waals surface area contributed by atoms with E-state index >= 15 is 0 Å². The summed E-state index contributed by atoms with van der Waals surface area (Å²) in [6.45, 7) is -0.170. The van der Waals surface area contributed by atoms with Gasteiger partial charge in [0.25, 0.3) is 5.56 Å². The number of rotatable bonds is 4. The highest BCUT2D eigenvalue weighted by Gasteiger charge is 2.22. The molecule has 27 heavy (non-hydrogen) atoms. The van der Waals surface area contributed by atoms with Gasteiger partial charge in [-0.15, -0.1) is 0 Å². The van der Waals surface area contributed by atoms with Crippen LogP contribution in [0.5, 0.6) is 0 Å². The number of methoxy groups -OCH3 is 1. The van der Waals surface area contributed by atoms with Gasteiger partial charge in [-0.25, -0.2) is 9.89 Å². The van der Waals surface area contributed by atoms with Crippen LogP contribution >= 0.6 is 0 Å². The topological polar surface area (TPSA) is 119 Å². The van der Waals surface area contributed by atoms with Crippen LogP contribution in [0.2, 0.25) is 0 Å². The maximum Gasteiger partial charge on any atom is 0.341 e. The van der Waals surface area contributed by atoms with E-state index < -0.39 is 17.5 Å². The zero-order chi connectivity index (χ0) is 19.1. The van der Waals surface area contributed by atoms with Crippen LogP contribution in [0.25, 0.3) is 27.8 Å². The maximum absolute atomic E-state index is 12.1. The molecular formula is C18H14N4O5. The highest BCUT2D eigenvalue weighted by atomic mass is 16.5. The van der Waals surface area contributed by atoms with E-state index in [9.17, 15) is 14.4 Å². The molecule has 0 bridgehead atoms. The van der Waals surface area contributed by atoms with Crippen molar-refractivity contribution in [2.75, 3.05) is 7.11 Å². The second-order valence-electron chi connectivity index (χ2n) is 5.93. The van der Waals surface area contributed by atoms with E-state index in [0.717, 1.165) is 10.9 Å². The van der Waals surface area contributed by atoms with Crippen molar-refractivity contribution in [3.63, 3.8) is 0 Å². The lowest BCUT2D eigenvalue weighted by Crippen LogP contribution is -2.11. The molecule has 136 valence electrons. The Bertz CT molecular complexity index is 1220.